The molecule has 0 aliphatic heterocycles. The molecule has 0 N–H and O–H groups in total. The molecular weight excluding hydrogens is 330 g/mol. The zero-order valence-electron chi connectivity index (χ0n) is 12.7. The van der Waals surface area contributed by atoms with Crippen LogP contribution in [0.25, 0.3) is 10.9 Å². The molecule has 0 saturated carbocycles. The Kier molecular flexibility index (Phi) is 4.67. The normalized spacial score (nSPS) is 13.9. The molecule has 2 nitrogen and oxygen atoms in total. The number of rotatable bonds is 3. The molecule has 0 aliphatic rings. The lowest BCUT2D eigenvalue weighted by molar-refractivity contribution is 0.0830. The van der Waals surface area contributed by atoms with Gasteiger partial charge in [0.2, 0.25) is 9.04 Å². The van der Waals surface area contributed by atoms with Crippen LogP contribution in [0.5, 0.6) is 0 Å². The van der Waals surface area contributed by atoms with Gasteiger partial charge in [-0.2, -0.15) is 0 Å². The highest BCUT2D eigenvalue weighted by atomic mass is 79.9. The van der Waals surface area contributed by atoms with E-state index >= 15 is 0 Å². The van der Waals surface area contributed by atoms with Crippen molar-refractivity contribution in [2.45, 2.75) is 40.0 Å². The third-order valence-electron chi connectivity index (χ3n) is 3.08. The van der Waals surface area contributed by atoms with Crippen molar-refractivity contribution < 1.29 is 4.43 Å². The molecule has 0 amide bonds. The van der Waals surface area contributed by atoms with Crippen LogP contribution < -0.4 is 0 Å². The fourth-order valence-electron chi connectivity index (χ4n) is 2.17. The average Bonchev–Trinajstić information content (AvgIpc) is 2.33. The summed E-state index contributed by atoms with van der Waals surface area (Å²) in [6.45, 7) is 10.9. The monoisotopic (exact) mass is 350 g/mol. The first-order valence-electron chi connectivity index (χ1n) is 6.80. The van der Waals surface area contributed by atoms with Crippen molar-refractivity contribution in [3.05, 3.63) is 40.5 Å². The lowest BCUT2D eigenvalue weighted by Crippen LogP contribution is -2.26. The number of fused-ring (bicyclic) bond motifs is 1. The minimum absolute atomic E-state index is 0.0363. The van der Waals surface area contributed by atoms with E-state index in [9.17, 15) is 0 Å². The summed E-state index contributed by atoms with van der Waals surface area (Å²) >= 11 is 3.51. The Hall–Kier alpha value is -0.713. The largest absolute Gasteiger partial charge is 0.408 e. The van der Waals surface area contributed by atoms with E-state index in [2.05, 4.69) is 74.1 Å². The maximum Gasteiger partial charge on any atom is 0.205 e. The van der Waals surface area contributed by atoms with Gasteiger partial charge in [0.05, 0.1) is 17.3 Å². The quantitative estimate of drug-likeness (QED) is 0.695. The van der Waals surface area contributed by atoms with Gasteiger partial charge in [0.15, 0.2) is 0 Å². The van der Waals surface area contributed by atoms with E-state index in [0.717, 1.165) is 21.1 Å². The third kappa shape index (κ3) is 3.68. The van der Waals surface area contributed by atoms with E-state index in [4.69, 9.17) is 9.41 Å². The predicted octanol–water partition coefficient (Wildman–Crippen LogP) is 5.35. The Morgan fingerprint density at radius 1 is 1.15 bits per heavy atom. The SMILES string of the molecule is C[Si](C)OC(c1ccc2ccc(Br)cc2n1)C(C)(C)C. The molecule has 4 heteroatoms. The summed E-state index contributed by atoms with van der Waals surface area (Å²) in [4.78, 5) is 4.82. The molecule has 107 valence electrons. The van der Waals surface area contributed by atoms with Crippen molar-refractivity contribution >= 4 is 35.9 Å². The van der Waals surface area contributed by atoms with Crippen LogP contribution in [-0.2, 0) is 4.43 Å². The number of aromatic nitrogens is 1. The molecule has 0 bridgehead atoms. The van der Waals surface area contributed by atoms with E-state index in [1.54, 1.807) is 0 Å². The molecule has 0 fully saturated rings. The Labute approximate surface area is 131 Å². The van der Waals surface area contributed by atoms with Crippen LogP contribution >= 0.6 is 15.9 Å². The van der Waals surface area contributed by atoms with Gasteiger partial charge < -0.3 is 4.43 Å². The van der Waals surface area contributed by atoms with E-state index in [1.807, 2.05) is 6.07 Å². The lowest BCUT2D eigenvalue weighted by Gasteiger charge is -2.32. The summed E-state index contributed by atoms with van der Waals surface area (Å²) in [5, 5.41) is 1.16. The van der Waals surface area contributed by atoms with Gasteiger partial charge in [-0.15, -0.1) is 0 Å². The standard InChI is InChI=1S/C16H21BrNOSi/c1-16(2,3)15(19-20(4)5)13-9-7-11-6-8-12(17)10-14(11)18-13/h6-10,15H,1-5H3. The van der Waals surface area contributed by atoms with Crippen molar-refractivity contribution in [2.75, 3.05) is 0 Å². The predicted molar refractivity (Wildman–Crippen MR) is 90.2 cm³/mol. The second kappa shape index (κ2) is 5.96. The summed E-state index contributed by atoms with van der Waals surface area (Å²) in [5.41, 5.74) is 2.07. The highest BCUT2D eigenvalue weighted by Crippen LogP contribution is 2.36. The number of nitrogens with zero attached hydrogens (tertiary/aromatic N) is 1. The summed E-state index contributed by atoms with van der Waals surface area (Å²) in [5.74, 6) is 0. The molecule has 2 rings (SSSR count). The molecule has 1 unspecified atom stereocenters. The van der Waals surface area contributed by atoms with E-state index in [0.29, 0.717) is 0 Å². The Morgan fingerprint density at radius 3 is 2.40 bits per heavy atom. The highest BCUT2D eigenvalue weighted by Gasteiger charge is 2.29. The first kappa shape index (κ1) is 15.7. The van der Waals surface area contributed by atoms with Crippen molar-refractivity contribution in [3.63, 3.8) is 0 Å². The van der Waals surface area contributed by atoms with Gasteiger partial charge in [-0.25, -0.2) is 0 Å². The molecule has 1 radical (unpaired) electrons. The Morgan fingerprint density at radius 2 is 1.80 bits per heavy atom. The lowest BCUT2D eigenvalue weighted by atomic mass is 9.87. The fraction of sp³-hybridized carbons (Fsp3) is 0.438. The average molecular weight is 351 g/mol. The topological polar surface area (TPSA) is 22.1 Å². The maximum absolute atomic E-state index is 6.21. The second-order valence-electron chi connectivity index (χ2n) is 6.35. The van der Waals surface area contributed by atoms with Gasteiger partial charge in [-0.05, 0) is 36.7 Å². The number of benzene rings is 1. The Balaban J connectivity index is 2.47. The van der Waals surface area contributed by atoms with Crippen LogP contribution in [0.3, 0.4) is 0 Å². The second-order valence-corrected chi connectivity index (χ2v) is 9.31. The van der Waals surface area contributed by atoms with Crippen LogP contribution in [0.15, 0.2) is 34.8 Å². The summed E-state index contributed by atoms with van der Waals surface area (Å²) in [7, 11) is -0.773. The van der Waals surface area contributed by atoms with Gasteiger partial charge in [-0.3, -0.25) is 4.98 Å². The van der Waals surface area contributed by atoms with Crippen molar-refractivity contribution in [1.29, 1.82) is 0 Å². The number of halogens is 1. The van der Waals surface area contributed by atoms with Crippen molar-refractivity contribution in [2.24, 2.45) is 5.41 Å². The van der Waals surface area contributed by atoms with Gasteiger partial charge >= 0.3 is 0 Å². The van der Waals surface area contributed by atoms with E-state index in [1.165, 1.54) is 0 Å². The van der Waals surface area contributed by atoms with Crippen LogP contribution in [0.1, 0.15) is 32.6 Å². The van der Waals surface area contributed by atoms with Gasteiger partial charge in [-0.1, -0.05) is 48.8 Å². The van der Waals surface area contributed by atoms with Crippen LogP contribution in [0.4, 0.5) is 0 Å². The number of hydrogen-bond acceptors (Lipinski definition) is 2. The molecule has 1 atom stereocenters. The van der Waals surface area contributed by atoms with Crippen molar-refractivity contribution in [3.8, 4) is 0 Å². The first-order chi connectivity index (χ1) is 9.27. The zero-order valence-corrected chi connectivity index (χ0v) is 15.3. The van der Waals surface area contributed by atoms with Gasteiger partial charge in [0.1, 0.15) is 0 Å². The first-order valence-corrected chi connectivity index (χ1v) is 10.0. The smallest absolute Gasteiger partial charge is 0.205 e. The number of pyridine rings is 1. The maximum atomic E-state index is 6.21. The summed E-state index contributed by atoms with van der Waals surface area (Å²) < 4.78 is 7.26. The zero-order chi connectivity index (χ0) is 14.9. The molecule has 0 spiro atoms. The van der Waals surface area contributed by atoms with Gasteiger partial charge in [0.25, 0.3) is 0 Å². The van der Waals surface area contributed by atoms with Crippen LogP contribution in [0.2, 0.25) is 13.1 Å². The van der Waals surface area contributed by atoms with Gasteiger partial charge in [0, 0.05) is 9.86 Å². The van der Waals surface area contributed by atoms with Crippen LogP contribution in [0, 0.1) is 5.41 Å². The molecule has 1 aromatic carbocycles. The molecule has 2 aromatic rings. The molecule has 1 aromatic heterocycles. The molecule has 0 saturated heterocycles. The minimum atomic E-state index is -0.773. The molecular formula is C16H21BrNOSi. The molecule has 20 heavy (non-hydrogen) atoms. The van der Waals surface area contributed by atoms with E-state index in [-0.39, 0.29) is 11.5 Å². The van der Waals surface area contributed by atoms with E-state index < -0.39 is 9.04 Å². The third-order valence-corrected chi connectivity index (χ3v) is 4.28. The van der Waals surface area contributed by atoms with Crippen molar-refractivity contribution in [1.82, 2.24) is 4.98 Å². The molecule has 1 heterocycles. The summed E-state index contributed by atoms with van der Waals surface area (Å²) in [6.07, 6.45) is 0.0368. The fourth-order valence-corrected chi connectivity index (χ4v) is 3.46. The summed E-state index contributed by atoms with van der Waals surface area (Å²) in [6, 6.07) is 10.4. The Bertz CT molecular complexity index is 607. The number of hydrogen-bond donors (Lipinski definition) is 0. The minimum Gasteiger partial charge on any atom is -0.408 e. The van der Waals surface area contributed by atoms with Crippen LogP contribution in [-0.4, -0.2) is 14.0 Å². The molecule has 0 aliphatic carbocycles. The highest BCUT2D eigenvalue weighted by molar-refractivity contribution is 9.10.